The number of halogens is 2. The topological polar surface area (TPSA) is 80.4 Å². The number of alkyl halides is 1. The van der Waals surface area contributed by atoms with Crippen molar-refractivity contribution in [3.63, 3.8) is 0 Å². The second-order valence-electron chi connectivity index (χ2n) is 2.90. The van der Waals surface area contributed by atoms with Gasteiger partial charge in [-0.1, -0.05) is 0 Å². The third kappa shape index (κ3) is 2.88. The van der Waals surface area contributed by atoms with E-state index in [4.69, 9.17) is 16.7 Å². The number of primary sulfonamides is 1. The van der Waals surface area contributed by atoms with Gasteiger partial charge in [-0.3, -0.25) is 0 Å². The van der Waals surface area contributed by atoms with Gasteiger partial charge >= 0.3 is 0 Å². The molecule has 3 N–H and O–H groups in total. The molecule has 0 heterocycles. The van der Waals surface area contributed by atoms with Gasteiger partial charge in [-0.2, -0.15) is 0 Å². The molecule has 0 amide bonds. The molecule has 4 nitrogen and oxygen atoms in total. The molecule has 0 saturated carbocycles. The van der Waals surface area contributed by atoms with Crippen molar-refractivity contribution >= 4 is 21.6 Å². The molecule has 0 radical (unpaired) electrons. The lowest BCUT2D eigenvalue weighted by Gasteiger charge is -2.09. The molecule has 0 aliphatic heterocycles. The molecule has 0 fully saturated rings. The standard InChI is InChI=1S/C8H9ClFNO3S/c9-4-8(12)6-3-5(15(11,13)14)1-2-7(6)10/h1-3,8,12H,4H2,(H2,11,13,14). The van der Waals surface area contributed by atoms with Crippen LogP contribution in [0.3, 0.4) is 0 Å². The van der Waals surface area contributed by atoms with Gasteiger partial charge in [-0.15, -0.1) is 11.6 Å². The lowest BCUT2D eigenvalue weighted by molar-refractivity contribution is 0.197. The Hall–Kier alpha value is -0.690. The van der Waals surface area contributed by atoms with Crippen molar-refractivity contribution < 1.29 is 17.9 Å². The van der Waals surface area contributed by atoms with Crippen LogP contribution in [-0.4, -0.2) is 19.4 Å². The molecule has 1 rings (SSSR count). The summed E-state index contributed by atoms with van der Waals surface area (Å²) in [5, 5.41) is 14.1. The van der Waals surface area contributed by atoms with E-state index < -0.39 is 21.9 Å². The highest BCUT2D eigenvalue weighted by Gasteiger charge is 2.16. The van der Waals surface area contributed by atoms with Crippen molar-refractivity contribution in [3.8, 4) is 0 Å². The van der Waals surface area contributed by atoms with Crippen LogP contribution in [0.2, 0.25) is 0 Å². The third-order valence-corrected chi connectivity index (χ3v) is 3.00. The number of aliphatic hydroxyl groups excluding tert-OH is 1. The fourth-order valence-corrected chi connectivity index (χ4v) is 1.75. The molecule has 84 valence electrons. The molecule has 0 bridgehead atoms. The smallest absolute Gasteiger partial charge is 0.238 e. The largest absolute Gasteiger partial charge is 0.387 e. The van der Waals surface area contributed by atoms with E-state index in [1.807, 2.05) is 0 Å². The van der Waals surface area contributed by atoms with E-state index in [0.717, 1.165) is 18.2 Å². The average Bonchev–Trinajstić information content (AvgIpc) is 2.15. The zero-order valence-electron chi connectivity index (χ0n) is 7.52. The summed E-state index contributed by atoms with van der Waals surface area (Å²) < 4.78 is 35.0. The minimum atomic E-state index is -3.90. The normalized spacial score (nSPS) is 13.9. The van der Waals surface area contributed by atoms with Crippen LogP contribution in [-0.2, 0) is 10.0 Å². The van der Waals surface area contributed by atoms with Crippen molar-refractivity contribution in [2.45, 2.75) is 11.0 Å². The van der Waals surface area contributed by atoms with Crippen LogP contribution in [0.4, 0.5) is 4.39 Å². The first kappa shape index (κ1) is 12.4. The SMILES string of the molecule is NS(=O)(=O)c1ccc(F)c(C(O)CCl)c1. The number of nitrogens with two attached hydrogens (primary N) is 1. The lowest BCUT2D eigenvalue weighted by Crippen LogP contribution is -2.13. The van der Waals surface area contributed by atoms with Crippen molar-refractivity contribution in [2.24, 2.45) is 5.14 Å². The Kier molecular flexibility index (Phi) is 3.67. The second-order valence-corrected chi connectivity index (χ2v) is 4.77. The van der Waals surface area contributed by atoms with Gasteiger partial charge in [0, 0.05) is 5.56 Å². The van der Waals surface area contributed by atoms with Gasteiger partial charge in [0.05, 0.1) is 16.9 Å². The van der Waals surface area contributed by atoms with Crippen molar-refractivity contribution in [2.75, 3.05) is 5.88 Å². The van der Waals surface area contributed by atoms with E-state index in [-0.39, 0.29) is 16.3 Å². The highest BCUT2D eigenvalue weighted by atomic mass is 35.5. The van der Waals surface area contributed by atoms with Gasteiger partial charge in [0.15, 0.2) is 0 Å². The van der Waals surface area contributed by atoms with Gasteiger partial charge in [-0.25, -0.2) is 17.9 Å². The summed E-state index contributed by atoms with van der Waals surface area (Å²) in [7, 11) is -3.90. The maximum Gasteiger partial charge on any atom is 0.238 e. The summed E-state index contributed by atoms with van der Waals surface area (Å²) >= 11 is 5.33. The summed E-state index contributed by atoms with van der Waals surface area (Å²) in [6, 6.07) is 2.91. The van der Waals surface area contributed by atoms with Gasteiger partial charge in [0.2, 0.25) is 10.0 Å². The van der Waals surface area contributed by atoms with Gasteiger partial charge in [0.1, 0.15) is 5.82 Å². The summed E-state index contributed by atoms with van der Waals surface area (Å²) in [6.07, 6.45) is -1.26. The van der Waals surface area contributed by atoms with E-state index in [1.165, 1.54) is 0 Å². The molecule has 0 aromatic heterocycles. The molecule has 0 saturated heterocycles. The Bertz CT molecular complexity index is 463. The van der Waals surface area contributed by atoms with Crippen molar-refractivity contribution in [3.05, 3.63) is 29.6 Å². The maximum absolute atomic E-state index is 13.1. The minimum Gasteiger partial charge on any atom is -0.387 e. The summed E-state index contributed by atoms with van der Waals surface area (Å²) in [4.78, 5) is -0.261. The number of aliphatic hydroxyl groups is 1. The van der Waals surface area contributed by atoms with Gasteiger partial charge < -0.3 is 5.11 Å². The molecule has 0 aliphatic rings. The van der Waals surface area contributed by atoms with E-state index in [0.29, 0.717) is 0 Å². The molecule has 0 aliphatic carbocycles. The summed E-state index contributed by atoms with van der Waals surface area (Å²) in [6.45, 7) is 0. The van der Waals surface area contributed by atoms with Crippen LogP contribution in [0, 0.1) is 5.82 Å². The van der Waals surface area contributed by atoms with Gasteiger partial charge in [0.25, 0.3) is 0 Å². The molecule has 1 atom stereocenters. The first-order valence-corrected chi connectivity index (χ1v) is 6.00. The molecule has 0 spiro atoms. The first-order chi connectivity index (χ1) is 6.86. The van der Waals surface area contributed by atoms with E-state index in [2.05, 4.69) is 0 Å². The van der Waals surface area contributed by atoms with Crippen LogP contribution < -0.4 is 5.14 Å². The minimum absolute atomic E-state index is 0.184. The maximum atomic E-state index is 13.1. The predicted octanol–water partition coefficient (Wildman–Crippen LogP) is 0.745. The van der Waals surface area contributed by atoms with E-state index in [9.17, 15) is 17.9 Å². The molecule has 15 heavy (non-hydrogen) atoms. The fraction of sp³-hybridized carbons (Fsp3) is 0.250. The number of hydrogen-bond donors (Lipinski definition) is 2. The molecule has 7 heteroatoms. The molecular weight excluding hydrogens is 245 g/mol. The fourth-order valence-electron chi connectivity index (χ4n) is 1.04. The molecule has 1 aromatic carbocycles. The van der Waals surface area contributed by atoms with Crippen molar-refractivity contribution in [1.29, 1.82) is 0 Å². The van der Waals surface area contributed by atoms with Crippen molar-refractivity contribution in [1.82, 2.24) is 0 Å². The number of sulfonamides is 1. The Morgan fingerprint density at radius 2 is 2.13 bits per heavy atom. The first-order valence-electron chi connectivity index (χ1n) is 3.92. The average molecular weight is 254 g/mol. The highest BCUT2D eigenvalue weighted by Crippen LogP contribution is 2.21. The predicted molar refractivity (Wildman–Crippen MR) is 53.5 cm³/mol. The monoisotopic (exact) mass is 253 g/mol. The third-order valence-electron chi connectivity index (χ3n) is 1.80. The summed E-state index contributed by atoms with van der Waals surface area (Å²) in [5.74, 6) is -0.958. The zero-order chi connectivity index (χ0) is 11.6. The van der Waals surface area contributed by atoms with Crippen LogP contribution in [0.1, 0.15) is 11.7 Å². The number of hydrogen-bond acceptors (Lipinski definition) is 3. The lowest BCUT2D eigenvalue weighted by atomic mass is 10.1. The van der Waals surface area contributed by atoms with Crippen LogP contribution in [0.15, 0.2) is 23.1 Å². The Balaban J connectivity index is 3.29. The molecule has 1 aromatic rings. The van der Waals surface area contributed by atoms with Gasteiger partial charge in [-0.05, 0) is 18.2 Å². The van der Waals surface area contributed by atoms with E-state index >= 15 is 0 Å². The van der Waals surface area contributed by atoms with Crippen LogP contribution >= 0.6 is 11.6 Å². The van der Waals surface area contributed by atoms with Crippen LogP contribution in [0.5, 0.6) is 0 Å². The second kappa shape index (κ2) is 4.44. The summed E-state index contributed by atoms with van der Waals surface area (Å²) in [5.41, 5.74) is -0.184. The highest BCUT2D eigenvalue weighted by molar-refractivity contribution is 7.89. The Labute approximate surface area is 91.5 Å². The van der Waals surface area contributed by atoms with E-state index in [1.54, 1.807) is 0 Å². The zero-order valence-corrected chi connectivity index (χ0v) is 9.09. The molecular formula is C8H9ClFNO3S. The quantitative estimate of drug-likeness (QED) is 0.780. The Morgan fingerprint density at radius 3 is 2.60 bits per heavy atom. The Morgan fingerprint density at radius 1 is 1.53 bits per heavy atom. The molecule has 1 unspecified atom stereocenters. The van der Waals surface area contributed by atoms with Crippen LogP contribution in [0.25, 0.3) is 0 Å². The number of rotatable bonds is 3. The number of benzene rings is 1.